The molecule has 0 N–H and O–H groups in total. The quantitative estimate of drug-likeness (QED) is 0.291. The van der Waals surface area contributed by atoms with Crippen molar-refractivity contribution in [3.05, 3.63) is 76.6 Å². The van der Waals surface area contributed by atoms with Crippen LogP contribution in [-0.2, 0) is 15.7 Å². The summed E-state index contributed by atoms with van der Waals surface area (Å²) in [6.07, 6.45) is -6.40. The van der Waals surface area contributed by atoms with Crippen LogP contribution in [0.25, 0.3) is 21.7 Å². The van der Waals surface area contributed by atoms with Crippen molar-refractivity contribution < 1.29 is 36.6 Å². The van der Waals surface area contributed by atoms with E-state index in [0.717, 1.165) is 16.8 Å². The summed E-state index contributed by atoms with van der Waals surface area (Å²) in [5.74, 6) is -3.10. The summed E-state index contributed by atoms with van der Waals surface area (Å²) in [4.78, 5) is 25.0. The summed E-state index contributed by atoms with van der Waals surface area (Å²) >= 11 is 0. The van der Waals surface area contributed by atoms with Crippen LogP contribution in [0.4, 0.5) is 13.2 Å². The van der Waals surface area contributed by atoms with Gasteiger partial charge in [0.05, 0.1) is 11.5 Å². The smallest absolute Gasteiger partial charge is 0.453 e. The zero-order valence-electron chi connectivity index (χ0n) is 19.0. The van der Waals surface area contributed by atoms with Crippen LogP contribution in [-0.4, -0.2) is 18.2 Å². The minimum absolute atomic E-state index is 0.0326. The van der Waals surface area contributed by atoms with Gasteiger partial charge in [-0.3, -0.25) is 4.79 Å². The van der Waals surface area contributed by atoms with Crippen molar-refractivity contribution in [3.63, 3.8) is 0 Å². The van der Waals surface area contributed by atoms with Crippen molar-refractivity contribution in [1.29, 1.82) is 0 Å². The van der Waals surface area contributed by atoms with Gasteiger partial charge in [0, 0.05) is 6.07 Å². The number of rotatable bonds is 6. The van der Waals surface area contributed by atoms with Crippen LogP contribution < -0.4 is 14.9 Å². The molecule has 9 heteroatoms. The SMILES string of the molecule is CC(C)OC(=O)C(C)Oc1ccc2c(=O)c(Oc3ccc4ccccc4c3)c(C(F)(F)F)oc2c1. The molecule has 0 aliphatic rings. The van der Waals surface area contributed by atoms with Crippen LogP contribution in [0.3, 0.4) is 0 Å². The van der Waals surface area contributed by atoms with Crippen LogP contribution in [0.15, 0.2) is 69.9 Å². The molecule has 0 aliphatic heterocycles. The van der Waals surface area contributed by atoms with Crippen molar-refractivity contribution in [2.75, 3.05) is 0 Å². The fourth-order valence-electron chi connectivity index (χ4n) is 3.44. The number of fused-ring (bicyclic) bond motifs is 2. The second kappa shape index (κ2) is 9.32. The van der Waals surface area contributed by atoms with E-state index in [2.05, 4.69) is 0 Å². The normalized spacial score (nSPS) is 12.7. The highest BCUT2D eigenvalue weighted by Crippen LogP contribution is 2.39. The van der Waals surface area contributed by atoms with Crippen LogP contribution in [0.1, 0.15) is 26.5 Å². The molecule has 1 atom stereocenters. The highest BCUT2D eigenvalue weighted by atomic mass is 19.4. The standard InChI is InChI=1S/C26H21F3O6/c1-14(2)32-25(31)15(3)33-19-10-11-20-21(13-19)35-24(26(27,28)29)23(22(20)30)34-18-9-8-16-6-4-5-7-17(16)12-18/h4-15H,1-3H3. The van der Waals surface area contributed by atoms with Gasteiger partial charge in [-0.05, 0) is 55.8 Å². The average Bonchev–Trinajstić information content (AvgIpc) is 2.79. The third kappa shape index (κ3) is 5.24. The number of hydrogen-bond acceptors (Lipinski definition) is 6. The largest absolute Gasteiger partial charge is 0.479 e. The Morgan fingerprint density at radius 2 is 1.60 bits per heavy atom. The zero-order chi connectivity index (χ0) is 25.3. The molecule has 0 fully saturated rings. The molecule has 0 aliphatic carbocycles. The maximum absolute atomic E-state index is 13.8. The summed E-state index contributed by atoms with van der Waals surface area (Å²) in [5, 5.41) is 1.45. The zero-order valence-corrected chi connectivity index (χ0v) is 19.0. The third-order valence-electron chi connectivity index (χ3n) is 5.02. The number of carbonyl (C=O) groups excluding carboxylic acids is 1. The maximum Gasteiger partial charge on any atom is 0.453 e. The van der Waals surface area contributed by atoms with E-state index in [-0.39, 0.29) is 28.6 Å². The second-order valence-corrected chi connectivity index (χ2v) is 8.10. The lowest BCUT2D eigenvalue weighted by Crippen LogP contribution is -2.28. The van der Waals surface area contributed by atoms with E-state index in [1.807, 2.05) is 12.1 Å². The molecule has 0 spiro atoms. The summed E-state index contributed by atoms with van der Waals surface area (Å²) in [5.41, 5.74) is -1.36. The molecular formula is C26H21F3O6. The summed E-state index contributed by atoms with van der Waals surface area (Å²) in [7, 11) is 0. The number of esters is 1. The highest BCUT2D eigenvalue weighted by Gasteiger charge is 2.40. The van der Waals surface area contributed by atoms with Crippen molar-refractivity contribution >= 4 is 27.7 Å². The second-order valence-electron chi connectivity index (χ2n) is 8.10. The molecule has 182 valence electrons. The molecule has 0 amide bonds. The van der Waals surface area contributed by atoms with E-state index in [1.54, 1.807) is 32.0 Å². The van der Waals surface area contributed by atoms with E-state index in [9.17, 15) is 22.8 Å². The molecular weight excluding hydrogens is 465 g/mol. The predicted octanol–water partition coefficient (Wildman–Crippen LogP) is 6.48. The third-order valence-corrected chi connectivity index (χ3v) is 5.02. The molecule has 4 rings (SSSR count). The van der Waals surface area contributed by atoms with E-state index in [4.69, 9.17) is 18.6 Å². The summed E-state index contributed by atoms with van der Waals surface area (Å²) in [6.45, 7) is 4.78. The first-order valence-electron chi connectivity index (χ1n) is 10.7. The van der Waals surface area contributed by atoms with Gasteiger partial charge in [0.1, 0.15) is 17.1 Å². The molecule has 0 radical (unpaired) electrons. The van der Waals surface area contributed by atoms with Crippen LogP contribution in [0.2, 0.25) is 0 Å². The molecule has 0 bridgehead atoms. The Morgan fingerprint density at radius 3 is 2.29 bits per heavy atom. The number of hydrogen-bond donors (Lipinski definition) is 0. The van der Waals surface area contributed by atoms with E-state index >= 15 is 0 Å². The van der Waals surface area contributed by atoms with Gasteiger partial charge in [-0.1, -0.05) is 30.3 Å². The summed E-state index contributed by atoms with van der Waals surface area (Å²) < 4.78 is 62.6. The van der Waals surface area contributed by atoms with Gasteiger partial charge in [-0.2, -0.15) is 13.2 Å². The van der Waals surface area contributed by atoms with Crippen molar-refractivity contribution in [3.8, 4) is 17.2 Å². The lowest BCUT2D eigenvalue weighted by atomic mass is 10.1. The summed E-state index contributed by atoms with van der Waals surface area (Å²) in [6, 6.07) is 15.6. The van der Waals surface area contributed by atoms with Gasteiger partial charge in [0.15, 0.2) is 6.10 Å². The first-order valence-corrected chi connectivity index (χ1v) is 10.7. The van der Waals surface area contributed by atoms with Crippen molar-refractivity contribution in [2.24, 2.45) is 0 Å². The Bertz CT molecular complexity index is 1460. The number of carbonyl (C=O) groups is 1. The lowest BCUT2D eigenvalue weighted by Gasteiger charge is -2.16. The topological polar surface area (TPSA) is 75.0 Å². The van der Waals surface area contributed by atoms with Gasteiger partial charge < -0.3 is 18.6 Å². The van der Waals surface area contributed by atoms with E-state index < -0.39 is 35.2 Å². The van der Waals surface area contributed by atoms with Crippen LogP contribution in [0.5, 0.6) is 17.2 Å². The average molecular weight is 486 g/mol. The first-order chi connectivity index (χ1) is 16.5. The molecule has 4 aromatic rings. The first kappa shape index (κ1) is 24.1. The molecule has 6 nitrogen and oxygen atoms in total. The molecule has 1 aromatic heterocycles. The van der Waals surface area contributed by atoms with Crippen molar-refractivity contribution in [2.45, 2.75) is 39.2 Å². The Hall–Kier alpha value is -4.01. The predicted molar refractivity (Wildman–Crippen MR) is 123 cm³/mol. The number of alkyl halides is 3. The highest BCUT2D eigenvalue weighted by molar-refractivity contribution is 5.84. The lowest BCUT2D eigenvalue weighted by molar-refractivity contribution is -0.155. The Balaban J connectivity index is 1.74. The molecule has 0 saturated carbocycles. The maximum atomic E-state index is 13.8. The van der Waals surface area contributed by atoms with Gasteiger partial charge >= 0.3 is 12.1 Å². The van der Waals surface area contributed by atoms with Crippen LogP contribution >= 0.6 is 0 Å². The van der Waals surface area contributed by atoms with E-state index in [1.165, 1.54) is 31.2 Å². The Morgan fingerprint density at radius 1 is 0.914 bits per heavy atom. The van der Waals surface area contributed by atoms with Crippen molar-refractivity contribution in [1.82, 2.24) is 0 Å². The fraction of sp³-hybridized carbons (Fsp3) is 0.231. The van der Waals surface area contributed by atoms with Crippen LogP contribution in [0, 0.1) is 0 Å². The number of benzene rings is 3. The van der Waals surface area contributed by atoms with E-state index in [0.29, 0.717) is 0 Å². The molecule has 35 heavy (non-hydrogen) atoms. The Kier molecular flexibility index (Phi) is 6.43. The number of halogens is 3. The minimum atomic E-state index is -5.01. The monoisotopic (exact) mass is 486 g/mol. The van der Waals surface area contributed by atoms with Gasteiger partial charge in [-0.25, -0.2) is 4.79 Å². The minimum Gasteiger partial charge on any atom is -0.479 e. The Labute approximate surface area is 197 Å². The number of ether oxygens (including phenoxy) is 3. The van der Waals surface area contributed by atoms with Gasteiger partial charge in [0.2, 0.25) is 11.2 Å². The molecule has 0 saturated heterocycles. The fourth-order valence-corrected chi connectivity index (χ4v) is 3.44. The van der Waals surface area contributed by atoms with Gasteiger partial charge in [-0.15, -0.1) is 0 Å². The van der Waals surface area contributed by atoms with Gasteiger partial charge in [0.25, 0.3) is 5.76 Å². The molecule has 3 aromatic carbocycles. The molecule has 1 unspecified atom stereocenters. The molecule has 1 heterocycles.